The van der Waals surface area contributed by atoms with Gasteiger partial charge in [0.05, 0.1) is 10.7 Å². The zero-order chi connectivity index (χ0) is 15.1. The molecule has 20 heavy (non-hydrogen) atoms. The van der Waals surface area contributed by atoms with Gasteiger partial charge in [-0.1, -0.05) is 11.8 Å². The number of hydrogen-bond acceptors (Lipinski definition) is 6. The summed E-state index contributed by atoms with van der Waals surface area (Å²) >= 11 is 0.257. The van der Waals surface area contributed by atoms with E-state index in [0.717, 1.165) is 0 Å². The van der Waals surface area contributed by atoms with Crippen LogP contribution in [-0.4, -0.2) is 39.7 Å². The average Bonchev–Trinajstić information content (AvgIpc) is 2.62. The van der Waals surface area contributed by atoms with E-state index in [0.29, 0.717) is 0 Å². The molecule has 1 N–H and O–H groups in total. The smallest absolute Gasteiger partial charge is 0.303 e. The van der Waals surface area contributed by atoms with Crippen molar-refractivity contribution in [1.29, 1.82) is 0 Å². The number of amidine groups is 1. The van der Waals surface area contributed by atoms with Gasteiger partial charge in [0.25, 0.3) is 5.91 Å². The molecule has 0 saturated carbocycles. The normalized spacial score (nSPS) is 22.2. The molecule has 0 bridgehead atoms. The molecular weight excluding hydrogens is 301 g/mol. The topological polar surface area (TPSA) is 97.0 Å². The van der Waals surface area contributed by atoms with Crippen LogP contribution < -0.4 is 5.32 Å². The highest BCUT2D eigenvalue weighted by Gasteiger charge is 2.42. The molecule has 11 heteroatoms. The first-order valence-corrected chi connectivity index (χ1v) is 6.20. The minimum atomic E-state index is -4.43. The number of nitrogens with zero attached hydrogens (tertiary/aromatic N) is 3. The van der Waals surface area contributed by atoms with E-state index < -0.39 is 34.5 Å². The lowest BCUT2D eigenvalue weighted by Crippen LogP contribution is -2.41. The fourth-order valence-electron chi connectivity index (χ4n) is 1.68. The molecular formula is C9H7F3N4O3S. The summed E-state index contributed by atoms with van der Waals surface area (Å²) in [4.78, 5) is 29.3. The molecule has 2 aliphatic heterocycles. The molecule has 1 amide bonds. The first-order chi connectivity index (χ1) is 9.19. The molecule has 2 aliphatic rings. The van der Waals surface area contributed by atoms with Crippen LogP contribution >= 0.6 is 11.8 Å². The van der Waals surface area contributed by atoms with Crippen molar-refractivity contribution in [2.75, 3.05) is 5.75 Å². The first kappa shape index (κ1) is 14.5. The molecule has 0 aromatic carbocycles. The van der Waals surface area contributed by atoms with Crippen LogP contribution in [0.1, 0.15) is 6.92 Å². The van der Waals surface area contributed by atoms with Gasteiger partial charge >= 0.3 is 11.9 Å². The number of amides is 1. The number of thioether (sulfide) groups is 1. The lowest BCUT2D eigenvalue weighted by molar-refractivity contribution is -0.415. The molecule has 0 fully saturated rings. The molecule has 0 spiro atoms. The number of allylic oxidation sites excluding steroid dienone is 1. The van der Waals surface area contributed by atoms with Crippen LogP contribution in [-0.2, 0) is 4.79 Å². The van der Waals surface area contributed by atoms with Gasteiger partial charge in [0.1, 0.15) is 5.71 Å². The van der Waals surface area contributed by atoms with Crippen molar-refractivity contribution in [3.05, 3.63) is 21.5 Å². The number of carbonyl (C=O) groups is 1. The highest BCUT2D eigenvalue weighted by atomic mass is 32.2. The van der Waals surface area contributed by atoms with Gasteiger partial charge in [0, 0.05) is 0 Å². The molecule has 7 nitrogen and oxygen atoms in total. The fraction of sp³-hybridized carbons (Fsp3) is 0.444. The van der Waals surface area contributed by atoms with Crippen molar-refractivity contribution in [2.24, 2.45) is 9.98 Å². The van der Waals surface area contributed by atoms with E-state index >= 15 is 0 Å². The molecule has 2 rings (SSSR count). The van der Waals surface area contributed by atoms with Crippen LogP contribution in [0.15, 0.2) is 21.4 Å². The second kappa shape index (κ2) is 4.89. The van der Waals surface area contributed by atoms with Gasteiger partial charge in [-0.05, 0) is 6.92 Å². The first-order valence-electron chi connectivity index (χ1n) is 5.21. The third kappa shape index (κ3) is 2.81. The summed E-state index contributed by atoms with van der Waals surface area (Å²) < 4.78 is 36.3. The zero-order valence-corrected chi connectivity index (χ0v) is 10.7. The molecule has 0 aliphatic carbocycles. The summed E-state index contributed by atoms with van der Waals surface area (Å²) in [7, 11) is 0. The Balaban J connectivity index is 2.31. The average molecular weight is 308 g/mol. The van der Waals surface area contributed by atoms with Gasteiger partial charge in [-0.3, -0.25) is 19.9 Å². The minimum Gasteiger partial charge on any atom is -0.303 e. The van der Waals surface area contributed by atoms with E-state index in [1.165, 1.54) is 6.92 Å². The second-order valence-corrected chi connectivity index (χ2v) is 4.88. The van der Waals surface area contributed by atoms with Gasteiger partial charge in [-0.15, -0.1) is 0 Å². The van der Waals surface area contributed by atoms with Crippen molar-refractivity contribution < 1.29 is 22.9 Å². The molecule has 2 heterocycles. The maximum absolute atomic E-state index is 12.1. The van der Waals surface area contributed by atoms with Crippen molar-refractivity contribution in [3.8, 4) is 0 Å². The molecule has 0 radical (unpaired) electrons. The second-order valence-electron chi connectivity index (χ2n) is 3.92. The van der Waals surface area contributed by atoms with Crippen molar-refractivity contribution in [2.45, 2.75) is 19.1 Å². The number of rotatable bonds is 2. The summed E-state index contributed by atoms with van der Waals surface area (Å²) in [5.74, 6) is -1.98. The summed E-state index contributed by atoms with van der Waals surface area (Å²) in [6, 6.07) is -1.16. The molecule has 0 aromatic heterocycles. The Bertz CT molecular complexity index is 581. The highest BCUT2D eigenvalue weighted by molar-refractivity contribution is 8.13. The Kier molecular flexibility index (Phi) is 3.54. The SMILES string of the molecule is CC1=NC2C(=O)NC(SCC(F)(F)F)=NC2=C1[N+](=O)[O-]. The lowest BCUT2D eigenvalue weighted by Gasteiger charge is -2.17. The van der Waals surface area contributed by atoms with Crippen molar-refractivity contribution >= 4 is 28.5 Å². The third-order valence-electron chi connectivity index (χ3n) is 2.42. The number of halogens is 3. The largest absolute Gasteiger partial charge is 0.398 e. The number of aliphatic imine (C=N–C) groups is 2. The number of nitro groups is 1. The monoisotopic (exact) mass is 308 g/mol. The Morgan fingerprint density at radius 3 is 2.70 bits per heavy atom. The lowest BCUT2D eigenvalue weighted by atomic mass is 10.2. The Hall–Kier alpha value is -1.91. The van der Waals surface area contributed by atoms with Crippen LogP contribution in [0.4, 0.5) is 13.2 Å². The van der Waals surface area contributed by atoms with Gasteiger partial charge in [0.2, 0.25) is 0 Å². The predicted octanol–water partition coefficient (Wildman–Crippen LogP) is 1.10. The van der Waals surface area contributed by atoms with E-state index in [2.05, 4.69) is 15.3 Å². The van der Waals surface area contributed by atoms with Gasteiger partial charge < -0.3 is 5.32 Å². The van der Waals surface area contributed by atoms with Crippen molar-refractivity contribution in [1.82, 2.24) is 5.32 Å². The van der Waals surface area contributed by atoms with Gasteiger partial charge in [0.15, 0.2) is 16.9 Å². The van der Waals surface area contributed by atoms with E-state index in [9.17, 15) is 28.1 Å². The van der Waals surface area contributed by atoms with Crippen LogP contribution in [0.5, 0.6) is 0 Å². The molecule has 1 atom stereocenters. The number of nitrogens with one attached hydrogen (secondary N) is 1. The zero-order valence-electron chi connectivity index (χ0n) is 9.89. The van der Waals surface area contributed by atoms with E-state index in [-0.39, 0.29) is 28.3 Å². The van der Waals surface area contributed by atoms with Crippen LogP contribution in [0.25, 0.3) is 0 Å². The molecule has 1 unspecified atom stereocenters. The standard InChI is InChI=1S/C9H7F3N4O3S/c1-3-6(16(18)19)4-5(13-3)7(17)15-8(14-4)20-2-9(10,11)12/h5H,2H2,1H3,(H,14,15,17). The van der Waals surface area contributed by atoms with E-state index in [1.807, 2.05) is 0 Å². The Morgan fingerprint density at radius 2 is 2.15 bits per heavy atom. The number of alkyl halides is 3. The quantitative estimate of drug-likeness (QED) is 0.610. The third-order valence-corrected chi connectivity index (χ3v) is 3.36. The van der Waals surface area contributed by atoms with Gasteiger partial charge in [-0.25, -0.2) is 4.99 Å². The maximum Gasteiger partial charge on any atom is 0.398 e. The molecule has 0 aromatic rings. The number of hydrogen-bond donors (Lipinski definition) is 1. The minimum absolute atomic E-state index is 0.0240. The number of fused-ring (bicyclic) bond motifs is 1. The Morgan fingerprint density at radius 1 is 1.50 bits per heavy atom. The molecule has 108 valence electrons. The van der Waals surface area contributed by atoms with E-state index in [1.54, 1.807) is 0 Å². The summed E-state index contributed by atoms with van der Waals surface area (Å²) in [6.07, 6.45) is -4.43. The summed E-state index contributed by atoms with van der Waals surface area (Å²) in [5, 5.41) is 12.7. The van der Waals surface area contributed by atoms with Crippen LogP contribution in [0.2, 0.25) is 0 Å². The summed E-state index contributed by atoms with van der Waals surface area (Å²) in [5.41, 5.74) is -0.633. The maximum atomic E-state index is 12.1. The number of carbonyl (C=O) groups excluding carboxylic acids is 1. The fourth-order valence-corrected chi connectivity index (χ4v) is 2.32. The highest BCUT2D eigenvalue weighted by Crippen LogP contribution is 2.29. The van der Waals surface area contributed by atoms with Crippen molar-refractivity contribution in [3.63, 3.8) is 0 Å². The molecule has 0 saturated heterocycles. The predicted molar refractivity (Wildman–Crippen MR) is 65.0 cm³/mol. The van der Waals surface area contributed by atoms with Crippen LogP contribution in [0.3, 0.4) is 0 Å². The van der Waals surface area contributed by atoms with Gasteiger partial charge in [-0.2, -0.15) is 13.2 Å². The van der Waals surface area contributed by atoms with E-state index in [4.69, 9.17) is 0 Å². The Labute approximate surface area is 114 Å². The summed E-state index contributed by atoms with van der Waals surface area (Å²) in [6.45, 7) is 1.34. The van der Waals surface area contributed by atoms with Crippen LogP contribution in [0, 0.1) is 10.1 Å².